The number of ether oxygens (including phenoxy) is 1. The largest absolute Gasteiger partial charge is 0.480 e. The van der Waals surface area contributed by atoms with Crippen LogP contribution in [-0.4, -0.2) is 42.2 Å². The van der Waals surface area contributed by atoms with Crippen molar-refractivity contribution in [2.24, 2.45) is 5.92 Å². The summed E-state index contributed by atoms with van der Waals surface area (Å²) in [4.78, 5) is 26.6. The highest BCUT2D eigenvalue weighted by atomic mass is 16.5. The second-order valence-corrected chi connectivity index (χ2v) is 6.22. The van der Waals surface area contributed by atoms with E-state index >= 15 is 0 Å². The Bertz CT molecular complexity index is 739. The second kappa shape index (κ2) is 8.64. The third kappa shape index (κ3) is 4.80. The zero-order chi connectivity index (χ0) is 18.4. The van der Waals surface area contributed by atoms with Crippen LogP contribution in [0.3, 0.4) is 0 Å². The van der Waals surface area contributed by atoms with Crippen molar-refractivity contribution in [1.29, 1.82) is 0 Å². The average Bonchev–Trinajstić information content (AvgIpc) is 2.97. The highest BCUT2D eigenvalue weighted by Crippen LogP contribution is 2.27. The topological polar surface area (TPSA) is 103 Å². The van der Waals surface area contributed by atoms with Gasteiger partial charge in [-0.05, 0) is 31.2 Å². The van der Waals surface area contributed by atoms with E-state index in [4.69, 9.17) is 4.74 Å². The number of anilines is 1. The number of methoxy groups -OCH3 is 1. The van der Waals surface area contributed by atoms with Gasteiger partial charge >= 0.3 is 5.97 Å². The molecule has 1 aromatic heterocycles. The number of aromatic nitrogens is 1. The summed E-state index contributed by atoms with van der Waals surface area (Å²) < 4.78 is 4.98. The van der Waals surface area contributed by atoms with Crippen LogP contribution in [0.25, 0.3) is 10.9 Å². The predicted molar refractivity (Wildman–Crippen MR) is 96.6 cm³/mol. The van der Waals surface area contributed by atoms with Crippen LogP contribution in [0, 0.1) is 5.92 Å². The van der Waals surface area contributed by atoms with Crippen molar-refractivity contribution in [3.05, 3.63) is 30.0 Å². The third-order valence-corrected chi connectivity index (χ3v) is 3.94. The molecule has 2 rings (SSSR count). The van der Waals surface area contributed by atoms with Crippen molar-refractivity contribution in [2.45, 2.75) is 26.3 Å². The Labute approximate surface area is 146 Å². The van der Waals surface area contributed by atoms with E-state index in [1.807, 2.05) is 19.9 Å². The standard InChI is InChI=1S/C18H25N3O4/c1-11(2)17(22)21-12-5-6-15-13(9-12)14(10-20-15)16(18(23)24)19-7-4-8-25-3/h5-6,9-11,16,19-20H,4,7-8H2,1-3H3,(H,21,22)(H,23,24)/t16-/m0/s1. The fourth-order valence-electron chi connectivity index (χ4n) is 2.54. The number of hydrogen-bond acceptors (Lipinski definition) is 4. The Kier molecular flexibility index (Phi) is 6.55. The Morgan fingerprint density at radius 3 is 2.72 bits per heavy atom. The molecule has 1 aromatic carbocycles. The molecule has 0 saturated heterocycles. The van der Waals surface area contributed by atoms with Crippen LogP contribution in [-0.2, 0) is 14.3 Å². The van der Waals surface area contributed by atoms with Crippen molar-refractivity contribution in [3.63, 3.8) is 0 Å². The van der Waals surface area contributed by atoms with E-state index in [2.05, 4.69) is 15.6 Å². The summed E-state index contributed by atoms with van der Waals surface area (Å²) in [6, 6.07) is 4.60. The molecule has 2 aromatic rings. The number of hydrogen-bond donors (Lipinski definition) is 4. The van der Waals surface area contributed by atoms with Crippen molar-refractivity contribution in [3.8, 4) is 0 Å². The van der Waals surface area contributed by atoms with Crippen LogP contribution in [0.5, 0.6) is 0 Å². The quantitative estimate of drug-likeness (QED) is 0.522. The fourth-order valence-corrected chi connectivity index (χ4v) is 2.54. The van der Waals surface area contributed by atoms with Gasteiger partial charge in [0, 0.05) is 48.0 Å². The number of aromatic amines is 1. The number of H-pyrrole nitrogens is 1. The molecule has 136 valence electrons. The molecule has 7 nitrogen and oxygen atoms in total. The summed E-state index contributed by atoms with van der Waals surface area (Å²) in [7, 11) is 1.61. The number of benzene rings is 1. The summed E-state index contributed by atoms with van der Waals surface area (Å²) in [5.41, 5.74) is 2.11. The molecule has 0 aliphatic carbocycles. The fraction of sp³-hybridized carbons (Fsp3) is 0.444. The minimum absolute atomic E-state index is 0.0797. The maximum atomic E-state index is 11.9. The number of carbonyl (C=O) groups is 2. The summed E-state index contributed by atoms with van der Waals surface area (Å²) in [5, 5.41) is 16.2. The van der Waals surface area contributed by atoms with Crippen LogP contribution in [0.1, 0.15) is 31.9 Å². The van der Waals surface area contributed by atoms with E-state index in [0.717, 1.165) is 17.3 Å². The maximum Gasteiger partial charge on any atom is 0.325 e. The molecule has 0 unspecified atom stereocenters. The molecule has 1 amide bonds. The van der Waals surface area contributed by atoms with Crippen LogP contribution in [0.15, 0.2) is 24.4 Å². The summed E-state index contributed by atoms with van der Waals surface area (Å²) in [6.45, 7) is 4.74. The SMILES string of the molecule is COCCCN[C@H](C(=O)O)c1c[nH]c2ccc(NC(=O)C(C)C)cc12. The zero-order valence-electron chi connectivity index (χ0n) is 14.8. The number of rotatable bonds is 9. The van der Waals surface area contributed by atoms with Gasteiger partial charge in [-0.3, -0.25) is 9.59 Å². The molecule has 0 aliphatic rings. The first-order chi connectivity index (χ1) is 11.9. The summed E-state index contributed by atoms with van der Waals surface area (Å²) in [5.74, 6) is -1.16. The molecule has 25 heavy (non-hydrogen) atoms. The highest BCUT2D eigenvalue weighted by Gasteiger charge is 2.22. The van der Waals surface area contributed by atoms with Crippen molar-refractivity contribution in [1.82, 2.24) is 10.3 Å². The van der Waals surface area contributed by atoms with E-state index in [1.54, 1.807) is 25.4 Å². The van der Waals surface area contributed by atoms with Crippen molar-refractivity contribution < 1.29 is 19.4 Å². The number of carbonyl (C=O) groups excluding carboxylic acids is 1. The first-order valence-electron chi connectivity index (χ1n) is 8.31. The summed E-state index contributed by atoms with van der Waals surface area (Å²) in [6.07, 6.45) is 2.42. The van der Waals surface area contributed by atoms with Gasteiger partial charge in [-0.2, -0.15) is 0 Å². The maximum absolute atomic E-state index is 11.9. The predicted octanol–water partition coefficient (Wildman–Crippen LogP) is 2.51. The lowest BCUT2D eigenvalue weighted by Gasteiger charge is -2.14. The zero-order valence-corrected chi connectivity index (χ0v) is 14.8. The molecule has 1 atom stereocenters. The lowest BCUT2D eigenvalue weighted by atomic mass is 10.0. The van der Waals surface area contributed by atoms with E-state index in [9.17, 15) is 14.7 Å². The van der Waals surface area contributed by atoms with E-state index in [1.165, 1.54) is 0 Å². The van der Waals surface area contributed by atoms with Crippen LogP contribution < -0.4 is 10.6 Å². The monoisotopic (exact) mass is 347 g/mol. The van der Waals surface area contributed by atoms with E-state index < -0.39 is 12.0 Å². The average molecular weight is 347 g/mol. The molecule has 0 fully saturated rings. The number of aliphatic carboxylic acids is 1. The van der Waals surface area contributed by atoms with Gasteiger partial charge in [-0.25, -0.2) is 0 Å². The van der Waals surface area contributed by atoms with Crippen LogP contribution >= 0.6 is 0 Å². The molecule has 7 heteroatoms. The normalized spacial score (nSPS) is 12.5. The Morgan fingerprint density at radius 1 is 1.32 bits per heavy atom. The molecule has 0 spiro atoms. The van der Waals surface area contributed by atoms with Gasteiger partial charge in [-0.1, -0.05) is 13.8 Å². The lowest BCUT2D eigenvalue weighted by molar-refractivity contribution is -0.139. The highest BCUT2D eigenvalue weighted by molar-refractivity contribution is 5.96. The minimum Gasteiger partial charge on any atom is -0.480 e. The van der Waals surface area contributed by atoms with Gasteiger partial charge in [0.15, 0.2) is 0 Å². The van der Waals surface area contributed by atoms with Crippen LogP contribution in [0.2, 0.25) is 0 Å². The summed E-state index contributed by atoms with van der Waals surface area (Å²) >= 11 is 0. The number of carboxylic acids is 1. The molecule has 0 aliphatic heterocycles. The van der Waals surface area contributed by atoms with E-state index in [0.29, 0.717) is 24.4 Å². The molecular weight excluding hydrogens is 322 g/mol. The Morgan fingerprint density at radius 2 is 2.08 bits per heavy atom. The second-order valence-electron chi connectivity index (χ2n) is 6.22. The Hall–Kier alpha value is -2.38. The van der Waals surface area contributed by atoms with Crippen LogP contribution in [0.4, 0.5) is 5.69 Å². The molecule has 0 radical (unpaired) electrons. The molecule has 0 bridgehead atoms. The third-order valence-electron chi connectivity index (χ3n) is 3.94. The lowest BCUT2D eigenvalue weighted by Crippen LogP contribution is -2.29. The molecule has 0 saturated carbocycles. The van der Waals surface area contributed by atoms with Crippen molar-refractivity contribution in [2.75, 3.05) is 25.6 Å². The molecular formula is C18H25N3O4. The number of fused-ring (bicyclic) bond motifs is 1. The van der Waals surface area contributed by atoms with Gasteiger partial charge in [0.2, 0.25) is 5.91 Å². The number of amides is 1. The van der Waals surface area contributed by atoms with Gasteiger partial charge in [0.1, 0.15) is 6.04 Å². The molecule has 4 N–H and O–H groups in total. The van der Waals surface area contributed by atoms with Gasteiger partial charge in [-0.15, -0.1) is 0 Å². The molecule has 1 heterocycles. The van der Waals surface area contributed by atoms with Crippen molar-refractivity contribution >= 4 is 28.5 Å². The number of nitrogens with one attached hydrogen (secondary N) is 3. The first-order valence-corrected chi connectivity index (χ1v) is 8.31. The van der Waals surface area contributed by atoms with Gasteiger partial charge in [0.05, 0.1) is 0 Å². The van der Waals surface area contributed by atoms with Gasteiger partial charge in [0.25, 0.3) is 0 Å². The Balaban J connectivity index is 2.26. The number of carboxylic acid groups (broad SMARTS) is 1. The minimum atomic E-state index is -0.949. The van der Waals surface area contributed by atoms with Gasteiger partial charge < -0.3 is 25.5 Å². The van der Waals surface area contributed by atoms with E-state index in [-0.39, 0.29) is 11.8 Å². The smallest absolute Gasteiger partial charge is 0.325 e. The first kappa shape index (κ1) is 19.0.